The third kappa shape index (κ3) is 3.11. The standard InChI is InChI=1S/C9H8F3NO3/c10-9(11,12)5-6(8(15)16)13-4-2-1-3-7(13)14/h1-4,6H,5H2,(H,15,16). The van der Waals surface area contributed by atoms with Crippen LogP contribution >= 0.6 is 0 Å². The lowest BCUT2D eigenvalue weighted by Crippen LogP contribution is -2.32. The fourth-order valence-corrected chi connectivity index (χ4v) is 1.22. The first-order valence-electron chi connectivity index (χ1n) is 4.28. The zero-order valence-electron chi connectivity index (χ0n) is 7.94. The largest absolute Gasteiger partial charge is 0.480 e. The van der Waals surface area contributed by atoms with Crippen LogP contribution in [0.4, 0.5) is 13.2 Å². The van der Waals surface area contributed by atoms with Crippen molar-refractivity contribution in [3.8, 4) is 0 Å². The minimum absolute atomic E-state index is 0.551. The van der Waals surface area contributed by atoms with Crippen LogP contribution in [-0.2, 0) is 4.79 Å². The van der Waals surface area contributed by atoms with E-state index in [0.29, 0.717) is 4.57 Å². The molecule has 1 rings (SSSR count). The van der Waals surface area contributed by atoms with Crippen molar-refractivity contribution in [2.24, 2.45) is 0 Å². The molecule has 88 valence electrons. The number of aromatic nitrogens is 1. The van der Waals surface area contributed by atoms with Crippen molar-refractivity contribution >= 4 is 5.97 Å². The topological polar surface area (TPSA) is 59.3 Å². The number of halogens is 3. The Morgan fingerprint density at radius 3 is 2.50 bits per heavy atom. The maximum absolute atomic E-state index is 12.1. The fraction of sp³-hybridized carbons (Fsp3) is 0.333. The van der Waals surface area contributed by atoms with Gasteiger partial charge in [-0.05, 0) is 6.07 Å². The molecule has 7 heteroatoms. The summed E-state index contributed by atoms with van der Waals surface area (Å²) in [5, 5.41) is 8.65. The summed E-state index contributed by atoms with van der Waals surface area (Å²) in [6.45, 7) is 0. The van der Waals surface area contributed by atoms with Crippen LogP contribution in [0.25, 0.3) is 0 Å². The average molecular weight is 235 g/mol. The first-order valence-corrected chi connectivity index (χ1v) is 4.28. The molecule has 0 bridgehead atoms. The molecule has 1 N–H and O–H groups in total. The second-order valence-corrected chi connectivity index (χ2v) is 3.12. The monoisotopic (exact) mass is 235 g/mol. The number of carboxylic acids is 1. The van der Waals surface area contributed by atoms with Crippen LogP contribution in [0, 0.1) is 0 Å². The average Bonchev–Trinajstić information content (AvgIpc) is 2.13. The van der Waals surface area contributed by atoms with Crippen LogP contribution in [0.3, 0.4) is 0 Å². The van der Waals surface area contributed by atoms with Crippen LogP contribution in [0.2, 0.25) is 0 Å². The number of pyridine rings is 1. The molecule has 0 aliphatic carbocycles. The van der Waals surface area contributed by atoms with Crippen molar-refractivity contribution in [3.63, 3.8) is 0 Å². The van der Waals surface area contributed by atoms with E-state index >= 15 is 0 Å². The number of nitrogens with zero attached hydrogens (tertiary/aromatic N) is 1. The van der Waals surface area contributed by atoms with Gasteiger partial charge in [-0.25, -0.2) is 4.79 Å². The lowest BCUT2D eigenvalue weighted by Gasteiger charge is -2.16. The van der Waals surface area contributed by atoms with Crippen LogP contribution in [0.15, 0.2) is 29.2 Å². The van der Waals surface area contributed by atoms with Crippen molar-refractivity contribution in [3.05, 3.63) is 34.7 Å². The summed E-state index contributed by atoms with van der Waals surface area (Å²) in [7, 11) is 0. The Hall–Kier alpha value is -1.79. The summed E-state index contributed by atoms with van der Waals surface area (Å²) in [5.41, 5.74) is -0.779. The number of carbonyl (C=O) groups is 1. The van der Waals surface area contributed by atoms with Crippen molar-refractivity contribution < 1.29 is 23.1 Å². The molecule has 0 aliphatic rings. The summed E-state index contributed by atoms with van der Waals surface area (Å²) in [4.78, 5) is 21.9. The van der Waals surface area contributed by atoms with Crippen LogP contribution in [-0.4, -0.2) is 21.8 Å². The van der Waals surface area contributed by atoms with Gasteiger partial charge in [-0.15, -0.1) is 0 Å². The lowest BCUT2D eigenvalue weighted by molar-refractivity contribution is -0.161. The molecule has 0 spiro atoms. The van der Waals surface area contributed by atoms with Crippen molar-refractivity contribution in [1.82, 2.24) is 4.57 Å². The third-order valence-electron chi connectivity index (χ3n) is 1.90. The highest BCUT2D eigenvalue weighted by Gasteiger charge is 2.36. The molecular weight excluding hydrogens is 227 g/mol. The van der Waals surface area contributed by atoms with E-state index in [2.05, 4.69) is 0 Å². The molecule has 16 heavy (non-hydrogen) atoms. The number of aliphatic carboxylic acids is 1. The molecular formula is C9H8F3NO3. The van der Waals surface area contributed by atoms with Gasteiger partial charge in [0.15, 0.2) is 0 Å². The molecule has 0 amide bonds. The van der Waals surface area contributed by atoms with E-state index in [0.717, 1.165) is 12.3 Å². The molecule has 1 heterocycles. The molecule has 0 aliphatic heterocycles. The van der Waals surface area contributed by atoms with Crippen LogP contribution in [0.1, 0.15) is 12.5 Å². The Balaban J connectivity index is 3.09. The van der Waals surface area contributed by atoms with Gasteiger partial charge in [0.2, 0.25) is 0 Å². The summed E-state index contributed by atoms with van der Waals surface area (Å²) >= 11 is 0. The van der Waals surface area contributed by atoms with E-state index in [1.165, 1.54) is 12.1 Å². The molecule has 0 saturated heterocycles. The lowest BCUT2D eigenvalue weighted by atomic mass is 10.2. The highest BCUT2D eigenvalue weighted by atomic mass is 19.4. The van der Waals surface area contributed by atoms with Gasteiger partial charge in [0, 0.05) is 12.3 Å². The molecule has 0 saturated carbocycles. The van der Waals surface area contributed by atoms with Crippen LogP contribution in [0.5, 0.6) is 0 Å². The van der Waals surface area contributed by atoms with Crippen LogP contribution < -0.4 is 5.56 Å². The van der Waals surface area contributed by atoms with Crippen molar-refractivity contribution in [2.45, 2.75) is 18.6 Å². The second kappa shape index (κ2) is 4.38. The van der Waals surface area contributed by atoms with Gasteiger partial charge in [-0.2, -0.15) is 13.2 Å². The number of hydrogen-bond acceptors (Lipinski definition) is 2. The Labute approximate surface area is 87.9 Å². The minimum Gasteiger partial charge on any atom is -0.480 e. The Bertz CT molecular complexity index is 438. The predicted octanol–water partition coefficient (Wildman–Crippen LogP) is 1.43. The highest BCUT2D eigenvalue weighted by molar-refractivity contribution is 5.71. The summed E-state index contributed by atoms with van der Waals surface area (Å²) in [6.07, 6.45) is -5.20. The van der Waals surface area contributed by atoms with E-state index in [4.69, 9.17) is 5.11 Å². The Morgan fingerprint density at radius 1 is 1.44 bits per heavy atom. The number of alkyl halides is 3. The summed E-state index contributed by atoms with van der Waals surface area (Å²) in [5.74, 6) is -1.69. The van der Waals surface area contributed by atoms with E-state index in [-0.39, 0.29) is 0 Å². The first kappa shape index (κ1) is 12.3. The highest BCUT2D eigenvalue weighted by Crippen LogP contribution is 2.27. The minimum atomic E-state index is -4.64. The number of carboxylic acid groups (broad SMARTS) is 1. The Kier molecular flexibility index (Phi) is 3.36. The van der Waals surface area contributed by atoms with Gasteiger partial charge in [-0.1, -0.05) is 6.07 Å². The van der Waals surface area contributed by atoms with E-state index in [1.54, 1.807) is 0 Å². The smallest absolute Gasteiger partial charge is 0.391 e. The number of hydrogen-bond donors (Lipinski definition) is 1. The van der Waals surface area contributed by atoms with Gasteiger partial charge in [-0.3, -0.25) is 4.79 Å². The molecule has 1 unspecified atom stereocenters. The van der Waals surface area contributed by atoms with E-state index < -0.39 is 30.2 Å². The second-order valence-electron chi connectivity index (χ2n) is 3.12. The molecule has 1 aromatic heterocycles. The summed E-state index contributed by atoms with van der Waals surface area (Å²) in [6, 6.07) is 1.71. The van der Waals surface area contributed by atoms with Gasteiger partial charge < -0.3 is 9.67 Å². The molecule has 0 aromatic carbocycles. The maximum atomic E-state index is 12.1. The SMILES string of the molecule is O=C(O)C(CC(F)(F)F)n1ccccc1=O. The predicted molar refractivity (Wildman–Crippen MR) is 48.0 cm³/mol. The zero-order valence-corrected chi connectivity index (χ0v) is 7.94. The normalized spacial score (nSPS) is 13.4. The number of rotatable bonds is 3. The molecule has 4 nitrogen and oxygen atoms in total. The van der Waals surface area contributed by atoms with Gasteiger partial charge in [0.1, 0.15) is 6.04 Å². The summed E-state index contributed by atoms with van der Waals surface area (Å²) < 4.78 is 36.9. The van der Waals surface area contributed by atoms with E-state index in [1.807, 2.05) is 0 Å². The van der Waals surface area contributed by atoms with Crippen molar-refractivity contribution in [1.29, 1.82) is 0 Å². The fourth-order valence-electron chi connectivity index (χ4n) is 1.22. The molecule has 0 fully saturated rings. The maximum Gasteiger partial charge on any atom is 0.391 e. The van der Waals surface area contributed by atoms with Gasteiger partial charge in [0.25, 0.3) is 5.56 Å². The third-order valence-corrected chi connectivity index (χ3v) is 1.90. The molecule has 1 aromatic rings. The van der Waals surface area contributed by atoms with E-state index in [9.17, 15) is 22.8 Å². The first-order chi connectivity index (χ1) is 7.31. The zero-order chi connectivity index (χ0) is 12.3. The molecule has 1 atom stereocenters. The molecule has 0 radical (unpaired) electrons. The van der Waals surface area contributed by atoms with Gasteiger partial charge >= 0.3 is 12.1 Å². The van der Waals surface area contributed by atoms with Crippen molar-refractivity contribution in [2.75, 3.05) is 0 Å². The quantitative estimate of drug-likeness (QED) is 0.862. The Morgan fingerprint density at radius 2 is 2.06 bits per heavy atom. The van der Waals surface area contributed by atoms with Gasteiger partial charge in [0.05, 0.1) is 6.42 Å².